The molecule has 4 nitrogen and oxygen atoms in total. The van der Waals surface area contributed by atoms with Gasteiger partial charge in [0.15, 0.2) is 5.12 Å². The van der Waals surface area contributed by atoms with Gasteiger partial charge < -0.3 is 0 Å². The molecule has 6 heteroatoms. The van der Waals surface area contributed by atoms with Gasteiger partial charge in [-0.1, -0.05) is 11.8 Å². The van der Waals surface area contributed by atoms with Crippen LogP contribution in [0.3, 0.4) is 0 Å². The molecule has 0 aliphatic heterocycles. The van der Waals surface area contributed by atoms with Gasteiger partial charge in [0.25, 0.3) is 0 Å². The number of hydrogen-bond donors (Lipinski definition) is 1. The van der Waals surface area contributed by atoms with Crippen LogP contribution < -0.4 is 4.72 Å². The van der Waals surface area contributed by atoms with Crippen molar-refractivity contribution in [1.82, 2.24) is 4.72 Å². The maximum Gasteiger partial charge on any atom is 0.241 e. The lowest BCUT2D eigenvalue weighted by Gasteiger charge is -2.20. The van der Waals surface area contributed by atoms with Crippen molar-refractivity contribution >= 4 is 26.9 Å². The van der Waals surface area contributed by atoms with Crippen molar-refractivity contribution in [2.45, 2.75) is 43.0 Å². The summed E-state index contributed by atoms with van der Waals surface area (Å²) in [7, 11) is -3.51. The quantitative estimate of drug-likeness (QED) is 0.867. The third-order valence-corrected chi connectivity index (χ3v) is 4.41. The van der Waals surface area contributed by atoms with Crippen LogP contribution >= 0.6 is 11.8 Å². The average molecular weight is 287 g/mol. The van der Waals surface area contributed by atoms with Gasteiger partial charge in [-0.15, -0.1) is 0 Å². The molecule has 1 rings (SSSR count). The van der Waals surface area contributed by atoms with Gasteiger partial charge in [-0.05, 0) is 45.0 Å². The first-order valence-electron chi connectivity index (χ1n) is 5.43. The average Bonchev–Trinajstić information content (AvgIpc) is 2.13. The molecule has 18 heavy (non-hydrogen) atoms. The molecular weight excluding hydrogens is 270 g/mol. The highest BCUT2D eigenvalue weighted by molar-refractivity contribution is 8.13. The van der Waals surface area contributed by atoms with Crippen LogP contribution in [-0.2, 0) is 14.8 Å². The molecule has 0 saturated carbocycles. The van der Waals surface area contributed by atoms with E-state index in [1.54, 1.807) is 32.9 Å². The number of nitrogens with one attached hydrogen (secondary N) is 1. The molecule has 0 aromatic heterocycles. The minimum atomic E-state index is -3.51. The van der Waals surface area contributed by atoms with Crippen molar-refractivity contribution in [2.75, 3.05) is 0 Å². The van der Waals surface area contributed by atoms with E-state index in [1.165, 1.54) is 19.1 Å². The Morgan fingerprint density at radius 2 is 1.67 bits per heavy atom. The summed E-state index contributed by atoms with van der Waals surface area (Å²) in [6.07, 6.45) is 0. The molecule has 0 fully saturated rings. The van der Waals surface area contributed by atoms with Crippen molar-refractivity contribution in [2.24, 2.45) is 0 Å². The number of rotatable bonds is 3. The van der Waals surface area contributed by atoms with Gasteiger partial charge in [0, 0.05) is 17.4 Å². The summed E-state index contributed by atoms with van der Waals surface area (Å²) in [5.74, 6) is 0. The number of benzene rings is 1. The maximum atomic E-state index is 12.0. The molecule has 0 saturated heterocycles. The molecule has 1 N–H and O–H groups in total. The third kappa shape index (κ3) is 4.80. The minimum absolute atomic E-state index is 0.0292. The predicted octanol–water partition coefficient (Wildman–Crippen LogP) is 2.40. The van der Waals surface area contributed by atoms with Gasteiger partial charge in [-0.3, -0.25) is 4.79 Å². The Kier molecular flexibility index (Phi) is 4.58. The van der Waals surface area contributed by atoms with E-state index in [4.69, 9.17) is 0 Å². The molecular formula is C12H17NO3S2. The lowest BCUT2D eigenvalue weighted by atomic mass is 10.1. The molecule has 1 aromatic rings. The summed E-state index contributed by atoms with van der Waals surface area (Å²) >= 11 is 1.08. The second-order valence-corrected chi connectivity index (χ2v) is 7.85. The van der Waals surface area contributed by atoms with Crippen LogP contribution in [0.2, 0.25) is 0 Å². The molecule has 0 amide bonds. The number of hydrogen-bond acceptors (Lipinski definition) is 4. The van der Waals surface area contributed by atoms with Crippen molar-refractivity contribution in [3.8, 4) is 0 Å². The van der Waals surface area contributed by atoms with Crippen molar-refractivity contribution in [3.05, 3.63) is 24.3 Å². The van der Waals surface area contributed by atoms with Crippen LogP contribution in [0.25, 0.3) is 0 Å². The molecule has 100 valence electrons. The van der Waals surface area contributed by atoms with E-state index >= 15 is 0 Å². The zero-order valence-electron chi connectivity index (χ0n) is 10.9. The van der Waals surface area contributed by atoms with Gasteiger partial charge in [0.05, 0.1) is 4.90 Å². The van der Waals surface area contributed by atoms with Crippen LogP contribution in [0.5, 0.6) is 0 Å². The fraction of sp³-hybridized carbons (Fsp3) is 0.417. The van der Waals surface area contributed by atoms with Gasteiger partial charge in [-0.2, -0.15) is 0 Å². The Balaban J connectivity index is 2.94. The van der Waals surface area contributed by atoms with Crippen LogP contribution in [0.4, 0.5) is 0 Å². The third-order valence-electron chi connectivity index (χ3n) is 1.84. The molecule has 0 unspecified atom stereocenters. The summed E-state index contributed by atoms with van der Waals surface area (Å²) in [5, 5.41) is -0.0292. The summed E-state index contributed by atoms with van der Waals surface area (Å²) in [6.45, 7) is 6.82. The van der Waals surface area contributed by atoms with E-state index in [-0.39, 0.29) is 10.0 Å². The smallest absolute Gasteiger partial charge is 0.241 e. The van der Waals surface area contributed by atoms with E-state index in [0.29, 0.717) is 0 Å². The Morgan fingerprint density at radius 3 is 2.06 bits per heavy atom. The fourth-order valence-corrected chi connectivity index (χ4v) is 3.34. The predicted molar refractivity (Wildman–Crippen MR) is 73.1 cm³/mol. The highest BCUT2D eigenvalue weighted by atomic mass is 32.2. The van der Waals surface area contributed by atoms with Crippen LogP contribution in [0, 0.1) is 0 Å². The zero-order chi connectivity index (χ0) is 14.0. The number of thioether (sulfide) groups is 1. The molecule has 0 bridgehead atoms. The van der Waals surface area contributed by atoms with Crippen LogP contribution in [0.1, 0.15) is 27.7 Å². The topological polar surface area (TPSA) is 63.2 Å². The van der Waals surface area contributed by atoms with Crippen molar-refractivity contribution in [3.63, 3.8) is 0 Å². The number of carbonyl (C=O) groups is 1. The summed E-state index contributed by atoms with van der Waals surface area (Å²) in [5.41, 5.74) is -0.522. The normalized spacial score (nSPS) is 12.4. The molecule has 1 aromatic carbocycles. The van der Waals surface area contributed by atoms with E-state index in [1.807, 2.05) is 0 Å². The molecule has 0 aliphatic carbocycles. The first-order chi connectivity index (χ1) is 8.10. The zero-order valence-corrected chi connectivity index (χ0v) is 12.5. The second kappa shape index (κ2) is 5.42. The molecule has 0 heterocycles. The van der Waals surface area contributed by atoms with E-state index in [9.17, 15) is 13.2 Å². The highest BCUT2D eigenvalue weighted by Crippen LogP contribution is 2.21. The van der Waals surface area contributed by atoms with Crippen LogP contribution in [0.15, 0.2) is 34.1 Å². The van der Waals surface area contributed by atoms with Gasteiger partial charge in [0.1, 0.15) is 0 Å². The summed E-state index contributed by atoms with van der Waals surface area (Å²) < 4.78 is 26.6. The van der Waals surface area contributed by atoms with Gasteiger partial charge >= 0.3 is 0 Å². The molecule has 0 radical (unpaired) electrons. The van der Waals surface area contributed by atoms with Crippen molar-refractivity contribution in [1.29, 1.82) is 0 Å². The van der Waals surface area contributed by atoms with E-state index in [0.717, 1.165) is 16.7 Å². The van der Waals surface area contributed by atoms with Gasteiger partial charge in [0.2, 0.25) is 10.0 Å². The number of carbonyl (C=O) groups excluding carboxylic acids is 1. The Bertz CT molecular complexity index is 527. The Hall–Kier alpha value is -0.850. The monoisotopic (exact) mass is 287 g/mol. The molecule has 0 spiro atoms. The standard InChI is InChI=1S/C12H17NO3S2/c1-9(14)17-10-5-7-11(8-6-10)18(15,16)13-12(2,3)4/h5-8,13H,1-4H3. The van der Waals surface area contributed by atoms with Crippen molar-refractivity contribution < 1.29 is 13.2 Å². The highest BCUT2D eigenvalue weighted by Gasteiger charge is 2.21. The second-order valence-electron chi connectivity index (χ2n) is 4.92. The first kappa shape index (κ1) is 15.2. The number of sulfonamides is 1. The molecule has 0 aliphatic rings. The lowest BCUT2D eigenvalue weighted by molar-refractivity contribution is -0.109. The van der Waals surface area contributed by atoms with Gasteiger partial charge in [-0.25, -0.2) is 13.1 Å². The maximum absolute atomic E-state index is 12.0. The SMILES string of the molecule is CC(=O)Sc1ccc(S(=O)(=O)NC(C)(C)C)cc1. The largest absolute Gasteiger partial charge is 0.287 e. The van der Waals surface area contributed by atoms with Crippen LogP contribution in [-0.4, -0.2) is 19.1 Å². The van der Waals surface area contributed by atoms with E-state index in [2.05, 4.69) is 4.72 Å². The lowest BCUT2D eigenvalue weighted by Crippen LogP contribution is -2.40. The summed E-state index contributed by atoms with van der Waals surface area (Å²) in [6, 6.07) is 6.26. The van der Waals surface area contributed by atoms with E-state index < -0.39 is 15.6 Å². The Morgan fingerprint density at radius 1 is 1.17 bits per heavy atom. The minimum Gasteiger partial charge on any atom is -0.287 e. The Labute approximate surface area is 112 Å². The first-order valence-corrected chi connectivity index (χ1v) is 7.72. The molecule has 0 atom stereocenters. The summed E-state index contributed by atoms with van der Waals surface area (Å²) in [4.78, 5) is 11.8. The fourth-order valence-electron chi connectivity index (χ4n) is 1.31.